The van der Waals surface area contributed by atoms with Crippen LogP contribution in [0.2, 0.25) is 0 Å². The Kier molecular flexibility index (Phi) is 4.39. The van der Waals surface area contributed by atoms with Crippen LogP contribution in [0.1, 0.15) is 18.4 Å². The van der Waals surface area contributed by atoms with Crippen molar-refractivity contribution in [3.05, 3.63) is 29.8 Å². The van der Waals surface area contributed by atoms with Gasteiger partial charge in [-0.3, -0.25) is 9.59 Å². The molecule has 1 atom stereocenters. The highest BCUT2D eigenvalue weighted by atomic mass is 16.6. The first-order valence-electron chi connectivity index (χ1n) is 8.91. The van der Waals surface area contributed by atoms with E-state index < -0.39 is 5.60 Å². The van der Waals surface area contributed by atoms with Crippen molar-refractivity contribution in [1.82, 2.24) is 4.90 Å². The van der Waals surface area contributed by atoms with E-state index in [1.807, 2.05) is 11.0 Å². The van der Waals surface area contributed by atoms with Crippen molar-refractivity contribution >= 4 is 17.5 Å². The van der Waals surface area contributed by atoms with Crippen molar-refractivity contribution in [3.8, 4) is 6.07 Å². The van der Waals surface area contributed by atoms with Gasteiger partial charge in [-0.25, -0.2) is 0 Å². The molecule has 1 aliphatic carbocycles. The molecule has 7 heteroatoms. The quantitative estimate of drug-likeness (QED) is 0.788. The van der Waals surface area contributed by atoms with Gasteiger partial charge in [-0.2, -0.15) is 5.26 Å². The Balaban J connectivity index is 1.58. The summed E-state index contributed by atoms with van der Waals surface area (Å²) < 4.78 is 11.6. The fourth-order valence-corrected chi connectivity index (χ4v) is 3.56. The highest BCUT2D eigenvalue weighted by Gasteiger charge is 2.45. The number of nitrogens with zero attached hydrogens (tertiary/aromatic N) is 3. The molecule has 1 aromatic carbocycles. The number of carbonyl (C=O) groups excluding carboxylic acids is 2. The molecule has 2 aliphatic heterocycles. The Hall–Kier alpha value is -2.43. The van der Waals surface area contributed by atoms with E-state index in [0.717, 1.165) is 12.8 Å². The summed E-state index contributed by atoms with van der Waals surface area (Å²) in [4.78, 5) is 28.4. The second-order valence-corrected chi connectivity index (χ2v) is 7.20. The Bertz CT molecular complexity index is 770. The average molecular weight is 355 g/mol. The van der Waals surface area contributed by atoms with E-state index in [1.165, 1.54) is 0 Å². The van der Waals surface area contributed by atoms with E-state index in [0.29, 0.717) is 44.1 Å². The molecule has 0 N–H and O–H groups in total. The van der Waals surface area contributed by atoms with Crippen LogP contribution in [0.3, 0.4) is 0 Å². The van der Waals surface area contributed by atoms with Gasteiger partial charge >= 0.3 is 0 Å². The van der Waals surface area contributed by atoms with Crippen LogP contribution in [0.4, 0.5) is 5.69 Å². The lowest BCUT2D eigenvalue weighted by Crippen LogP contribution is -2.61. The van der Waals surface area contributed by atoms with E-state index in [9.17, 15) is 9.59 Å². The van der Waals surface area contributed by atoms with Gasteiger partial charge in [0.25, 0.3) is 5.91 Å². The van der Waals surface area contributed by atoms with E-state index in [-0.39, 0.29) is 24.3 Å². The van der Waals surface area contributed by atoms with Crippen molar-refractivity contribution in [2.24, 2.45) is 5.92 Å². The molecule has 2 heterocycles. The molecule has 0 aromatic heterocycles. The molecule has 26 heavy (non-hydrogen) atoms. The molecule has 2 amide bonds. The number of benzene rings is 1. The number of hydrogen-bond acceptors (Lipinski definition) is 5. The predicted octanol–water partition coefficient (Wildman–Crippen LogP) is 0.929. The van der Waals surface area contributed by atoms with Crippen LogP contribution in [0.15, 0.2) is 24.3 Å². The van der Waals surface area contributed by atoms with Crippen LogP contribution in [0, 0.1) is 17.2 Å². The maximum Gasteiger partial charge on any atom is 0.253 e. The molecule has 3 fully saturated rings. The summed E-state index contributed by atoms with van der Waals surface area (Å²) in [6.07, 6.45) is 1.91. The highest BCUT2D eigenvalue weighted by molar-refractivity contribution is 5.95. The molecule has 3 aliphatic rings. The number of nitriles is 1. The second-order valence-electron chi connectivity index (χ2n) is 7.20. The summed E-state index contributed by atoms with van der Waals surface area (Å²) in [5.74, 6) is 0.141. The summed E-state index contributed by atoms with van der Waals surface area (Å²) >= 11 is 0. The zero-order chi connectivity index (χ0) is 18.1. The zero-order valence-electron chi connectivity index (χ0n) is 14.5. The molecule has 1 aromatic rings. The van der Waals surface area contributed by atoms with Gasteiger partial charge in [-0.05, 0) is 31.0 Å². The summed E-state index contributed by atoms with van der Waals surface area (Å²) in [5.41, 5.74) is 0.428. The molecule has 0 radical (unpaired) electrons. The molecule has 136 valence electrons. The minimum atomic E-state index is -0.738. The zero-order valence-corrected chi connectivity index (χ0v) is 14.5. The van der Waals surface area contributed by atoms with Gasteiger partial charge in [0.15, 0.2) is 0 Å². The maximum absolute atomic E-state index is 12.5. The summed E-state index contributed by atoms with van der Waals surface area (Å²) in [7, 11) is 0. The number of hydrogen-bond donors (Lipinski definition) is 0. The van der Waals surface area contributed by atoms with Crippen LogP contribution in [-0.2, 0) is 19.1 Å². The summed E-state index contributed by atoms with van der Waals surface area (Å²) in [5, 5.41) is 9.12. The smallest absolute Gasteiger partial charge is 0.253 e. The molecular weight excluding hydrogens is 334 g/mol. The van der Waals surface area contributed by atoms with Gasteiger partial charge in [0.2, 0.25) is 5.91 Å². The average Bonchev–Trinajstić information content (AvgIpc) is 3.51. The van der Waals surface area contributed by atoms with Crippen molar-refractivity contribution in [1.29, 1.82) is 5.26 Å². The molecule has 1 spiro atoms. The van der Waals surface area contributed by atoms with Gasteiger partial charge in [-0.1, -0.05) is 6.07 Å². The van der Waals surface area contributed by atoms with Crippen LogP contribution in [0.5, 0.6) is 0 Å². The van der Waals surface area contributed by atoms with Crippen molar-refractivity contribution in [2.75, 3.05) is 44.4 Å². The minimum absolute atomic E-state index is 0.0639. The Morgan fingerprint density at radius 3 is 2.92 bits per heavy atom. The first-order chi connectivity index (χ1) is 12.6. The number of anilines is 1. The lowest BCUT2D eigenvalue weighted by molar-refractivity contribution is -0.150. The largest absolute Gasteiger partial charge is 0.376 e. The first kappa shape index (κ1) is 17.0. The standard InChI is InChI=1S/C19H21N3O4/c20-9-14-2-1-3-16(8-14)22-12-19(26-10-17(22)23)11-21(6-7-25-13-19)18(24)15-4-5-15/h1-3,8,15H,4-7,10-13H2. The third-order valence-corrected chi connectivity index (χ3v) is 5.12. The van der Waals surface area contributed by atoms with Crippen molar-refractivity contribution in [2.45, 2.75) is 18.4 Å². The molecule has 2 saturated heterocycles. The molecular formula is C19H21N3O4. The molecule has 4 rings (SSSR count). The normalized spacial score (nSPS) is 26.5. The van der Waals surface area contributed by atoms with Gasteiger partial charge < -0.3 is 19.3 Å². The molecule has 1 unspecified atom stereocenters. The molecule has 0 bridgehead atoms. The topological polar surface area (TPSA) is 82.9 Å². The monoisotopic (exact) mass is 355 g/mol. The Labute approximate surface area is 152 Å². The second kappa shape index (κ2) is 6.71. The SMILES string of the molecule is N#Cc1cccc(N2CC3(COCCN(C(=O)C4CC4)C3)OCC2=O)c1. The van der Waals surface area contributed by atoms with Gasteiger partial charge in [0.05, 0.1) is 37.9 Å². The van der Waals surface area contributed by atoms with Gasteiger partial charge in [0, 0.05) is 18.2 Å². The summed E-state index contributed by atoms with van der Waals surface area (Å²) in [6.45, 7) is 2.02. The third kappa shape index (κ3) is 3.30. The Morgan fingerprint density at radius 2 is 2.15 bits per heavy atom. The van der Waals surface area contributed by atoms with Crippen LogP contribution >= 0.6 is 0 Å². The van der Waals surface area contributed by atoms with E-state index in [4.69, 9.17) is 14.7 Å². The van der Waals surface area contributed by atoms with Crippen LogP contribution in [-0.4, -0.2) is 61.8 Å². The van der Waals surface area contributed by atoms with E-state index in [1.54, 1.807) is 23.1 Å². The fraction of sp³-hybridized carbons (Fsp3) is 0.526. The number of morpholine rings is 1. The minimum Gasteiger partial charge on any atom is -0.376 e. The predicted molar refractivity (Wildman–Crippen MR) is 92.3 cm³/mol. The van der Waals surface area contributed by atoms with Crippen molar-refractivity contribution in [3.63, 3.8) is 0 Å². The number of amides is 2. The van der Waals surface area contributed by atoms with E-state index >= 15 is 0 Å². The van der Waals surface area contributed by atoms with Crippen LogP contribution in [0.25, 0.3) is 0 Å². The highest BCUT2D eigenvalue weighted by Crippen LogP contribution is 2.33. The lowest BCUT2D eigenvalue weighted by Gasteiger charge is -2.43. The number of rotatable bonds is 2. The Morgan fingerprint density at radius 1 is 1.31 bits per heavy atom. The first-order valence-corrected chi connectivity index (χ1v) is 8.91. The van der Waals surface area contributed by atoms with Crippen LogP contribution < -0.4 is 4.90 Å². The van der Waals surface area contributed by atoms with Gasteiger partial charge in [-0.15, -0.1) is 0 Å². The van der Waals surface area contributed by atoms with Gasteiger partial charge in [0.1, 0.15) is 12.2 Å². The number of ether oxygens (including phenoxy) is 2. The third-order valence-electron chi connectivity index (χ3n) is 5.12. The summed E-state index contributed by atoms with van der Waals surface area (Å²) in [6, 6.07) is 9.06. The van der Waals surface area contributed by atoms with Crippen molar-refractivity contribution < 1.29 is 19.1 Å². The maximum atomic E-state index is 12.5. The molecule has 1 saturated carbocycles. The lowest BCUT2D eigenvalue weighted by atomic mass is 10.0. The number of carbonyl (C=O) groups is 2. The fourth-order valence-electron chi connectivity index (χ4n) is 3.56. The van der Waals surface area contributed by atoms with E-state index in [2.05, 4.69) is 6.07 Å². The molecule has 7 nitrogen and oxygen atoms in total.